The third-order valence-corrected chi connectivity index (χ3v) is 6.52. The van der Waals surface area contributed by atoms with E-state index < -0.39 is 17.6 Å². The Morgan fingerprint density at radius 1 is 1.38 bits per heavy atom. The lowest BCUT2D eigenvalue weighted by molar-refractivity contribution is -0.154. The van der Waals surface area contributed by atoms with Crippen LogP contribution in [0.1, 0.15) is 46.5 Å². The van der Waals surface area contributed by atoms with Gasteiger partial charge in [0.1, 0.15) is 6.10 Å². The number of hydrogen-bond acceptors (Lipinski definition) is 6. The van der Waals surface area contributed by atoms with Crippen molar-refractivity contribution in [1.82, 2.24) is 0 Å². The van der Waals surface area contributed by atoms with Crippen LogP contribution in [0.4, 0.5) is 0 Å². The molecule has 0 aromatic heterocycles. The lowest BCUT2D eigenvalue weighted by atomic mass is 9.68. The average Bonchev–Trinajstić information content (AvgIpc) is 2.87. The molecule has 2 saturated carbocycles. The maximum atomic E-state index is 12.1. The lowest BCUT2D eigenvalue weighted by Crippen LogP contribution is -2.45. The van der Waals surface area contributed by atoms with Crippen LogP contribution in [0, 0.1) is 29.1 Å². The first-order chi connectivity index (χ1) is 12.2. The van der Waals surface area contributed by atoms with Crippen LogP contribution in [0.2, 0.25) is 0 Å². The third-order valence-electron chi connectivity index (χ3n) is 6.52. The van der Waals surface area contributed by atoms with E-state index in [0.29, 0.717) is 24.8 Å². The molecule has 0 amide bonds. The van der Waals surface area contributed by atoms with Crippen molar-refractivity contribution in [3.63, 3.8) is 0 Å². The zero-order valence-electron chi connectivity index (χ0n) is 15.8. The van der Waals surface area contributed by atoms with Crippen molar-refractivity contribution >= 4 is 11.9 Å². The Bertz CT molecular complexity index is 599. The highest BCUT2D eigenvalue weighted by Gasteiger charge is 2.61. The Kier molecular flexibility index (Phi) is 5.19. The predicted octanol–water partition coefficient (Wildman–Crippen LogP) is 1.83. The van der Waals surface area contributed by atoms with Crippen molar-refractivity contribution in [2.45, 2.75) is 64.8 Å². The molecule has 146 valence electrons. The van der Waals surface area contributed by atoms with Gasteiger partial charge in [0, 0.05) is 29.7 Å². The van der Waals surface area contributed by atoms with Crippen molar-refractivity contribution in [2.24, 2.45) is 29.1 Å². The van der Waals surface area contributed by atoms with Crippen molar-refractivity contribution < 1.29 is 29.3 Å². The number of esters is 2. The first kappa shape index (κ1) is 19.4. The maximum Gasteiger partial charge on any atom is 0.334 e. The Labute approximate surface area is 154 Å². The number of aliphatic hydroxyl groups is 2. The van der Waals surface area contributed by atoms with E-state index in [-0.39, 0.29) is 54.7 Å². The molecular formula is C20H30O6. The number of rotatable bonds is 4. The largest absolute Gasteiger partial charge is 0.465 e. The quantitative estimate of drug-likeness (QED) is 0.582. The number of fused-ring (bicyclic) bond motifs is 2. The molecule has 2 N–H and O–H groups in total. The monoisotopic (exact) mass is 366 g/mol. The number of carbonyl (C=O) groups is 2. The second-order valence-corrected chi connectivity index (χ2v) is 8.83. The van der Waals surface area contributed by atoms with E-state index in [0.717, 1.165) is 0 Å². The highest BCUT2D eigenvalue weighted by molar-refractivity contribution is 5.90. The normalized spacial score (nSPS) is 42.2. The van der Waals surface area contributed by atoms with E-state index in [1.54, 1.807) is 0 Å². The Morgan fingerprint density at radius 2 is 2.08 bits per heavy atom. The van der Waals surface area contributed by atoms with Crippen molar-refractivity contribution in [3.8, 4) is 0 Å². The Morgan fingerprint density at radius 3 is 2.73 bits per heavy atom. The molecule has 3 rings (SSSR count). The van der Waals surface area contributed by atoms with Gasteiger partial charge in [0.25, 0.3) is 0 Å². The minimum atomic E-state index is -0.793. The van der Waals surface area contributed by atoms with Crippen LogP contribution in [0.3, 0.4) is 0 Å². The summed E-state index contributed by atoms with van der Waals surface area (Å²) < 4.78 is 11.0. The summed E-state index contributed by atoms with van der Waals surface area (Å²) in [6.45, 7) is 9.83. The number of carbonyl (C=O) groups excluding carboxylic acids is 2. The van der Waals surface area contributed by atoms with Gasteiger partial charge in [-0.2, -0.15) is 0 Å². The van der Waals surface area contributed by atoms with Gasteiger partial charge in [-0.05, 0) is 30.6 Å². The molecule has 6 nitrogen and oxygen atoms in total. The molecule has 1 heterocycles. The molecule has 2 aliphatic carbocycles. The van der Waals surface area contributed by atoms with E-state index >= 15 is 0 Å². The molecule has 0 radical (unpaired) electrons. The van der Waals surface area contributed by atoms with E-state index in [2.05, 4.69) is 6.58 Å². The van der Waals surface area contributed by atoms with Gasteiger partial charge in [-0.25, -0.2) is 4.79 Å². The summed E-state index contributed by atoms with van der Waals surface area (Å²) in [5.41, 5.74) is -0.355. The fraction of sp³-hybridized carbons (Fsp3) is 0.800. The van der Waals surface area contributed by atoms with Crippen LogP contribution in [-0.4, -0.2) is 47.1 Å². The highest BCUT2D eigenvalue weighted by atomic mass is 16.6. The van der Waals surface area contributed by atoms with Crippen molar-refractivity contribution in [3.05, 3.63) is 12.2 Å². The molecule has 0 aromatic rings. The number of hydrogen-bond donors (Lipinski definition) is 2. The second kappa shape index (κ2) is 6.97. The molecule has 3 aliphatic rings. The molecule has 7 unspecified atom stereocenters. The van der Waals surface area contributed by atoms with Gasteiger partial charge >= 0.3 is 11.9 Å². The van der Waals surface area contributed by atoms with Crippen LogP contribution in [0.5, 0.6) is 0 Å². The standard InChI is InChI=1S/C20H30O6/c1-10(2)5-17(23)25-9-20-8-13-12(4)19(24)26-15(13)6-11(3)18(20)14(21)7-16(20)22/h10-11,13-16,18,21-22H,4-9H2,1-3H3. The zero-order valence-corrected chi connectivity index (χ0v) is 15.8. The molecule has 0 aromatic carbocycles. The summed E-state index contributed by atoms with van der Waals surface area (Å²) in [7, 11) is 0. The SMILES string of the molecule is C=C1C(=O)OC2CC(C)C3C(O)CC(O)C3(COC(=O)CC(C)C)CC12. The molecule has 0 bridgehead atoms. The first-order valence-electron chi connectivity index (χ1n) is 9.57. The molecule has 1 saturated heterocycles. The van der Waals surface area contributed by atoms with Crippen molar-refractivity contribution in [2.75, 3.05) is 6.61 Å². The maximum absolute atomic E-state index is 12.1. The van der Waals surface area contributed by atoms with Crippen LogP contribution >= 0.6 is 0 Å². The summed E-state index contributed by atoms with van der Waals surface area (Å²) >= 11 is 0. The highest BCUT2D eigenvalue weighted by Crippen LogP contribution is 2.57. The second-order valence-electron chi connectivity index (χ2n) is 8.83. The summed E-state index contributed by atoms with van der Waals surface area (Å²) in [5.74, 6) is -0.883. The minimum absolute atomic E-state index is 0.0275. The third kappa shape index (κ3) is 3.18. The van der Waals surface area contributed by atoms with Gasteiger partial charge in [-0.15, -0.1) is 0 Å². The van der Waals surface area contributed by atoms with Crippen molar-refractivity contribution in [1.29, 1.82) is 0 Å². The molecule has 3 fully saturated rings. The molecule has 7 atom stereocenters. The fourth-order valence-corrected chi connectivity index (χ4v) is 5.35. The first-order valence-corrected chi connectivity index (χ1v) is 9.57. The fourth-order valence-electron chi connectivity index (χ4n) is 5.35. The number of aliphatic hydroxyl groups excluding tert-OH is 2. The smallest absolute Gasteiger partial charge is 0.334 e. The Balaban J connectivity index is 1.89. The summed E-state index contributed by atoms with van der Waals surface area (Å²) in [6, 6.07) is 0. The van der Waals surface area contributed by atoms with Gasteiger partial charge in [-0.1, -0.05) is 27.4 Å². The van der Waals surface area contributed by atoms with Crippen LogP contribution in [-0.2, 0) is 19.1 Å². The molecule has 26 heavy (non-hydrogen) atoms. The van der Waals surface area contributed by atoms with Gasteiger partial charge in [0.15, 0.2) is 0 Å². The molecular weight excluding hydrogens is 336 g/mol. The summed E-state index contributed by atoms with van der Waals surface area (Å²) in [6.07, 6.45) is -0.107. The predicted molar refractivity (Wildman–Crippen MR) is 93.9 cm³/mol. The van der Waals surface area contributed by atoms with Crippen LogP contribution in [0.15, 0.2) is 12.2 Å². The van der Waals surface area contributed by atoms with Crippen LogP contribution in [0.25, 0.3) is 0 Å². The Hall–Kier alpha value is -1.40. The van der Waals surface area contributed by atoms with E-state index in [1.807, 2.05) is 20.8 Å². The van der Waals surface area contributed by atoms with Gasteiger partial charge in [-0.3, -0.25) is 4.79 Å². The zero-order chi connectivity index (χ0) is 19.2. The molecule has 1 aliphatic heterocycles. The molecule has 0 spiro atoms. The lowest BCUT2D eigenvalue weighted by Gasteiger charge is -2.40. The van der Waals surface area contributed by atoms with E-state index in [1.165, 1.54) is 0 Å². The van der Waals surface area contributed by atoms with Gasteiger partial charge < -0.3 is 19.7 Å². The summed E-state index contributed by atoms with van der Waals surface area (Å²) in [4.78, 5) is 24.1. The topological polar surface area (TPSA) is 93.1 Å². The van der Waals surface area contributed by atoms with Gasteiger partial charge in [0.2, 0.25) is 0 Å². The average molecular weight is 366 g/mol. The van der Waals surface area contributed by atoms with E-state index in [4.69, 9.17) is 9.47 Å². The summed E-state index contributed by atoms with van der Waals surface area (Å²) in [5, 5.41) is 21.5. The molecule has 6 heteroatoms. The minimum Gasteiger partial charge on any atom is -0.465 e. The van der Waals surface area contributed by atoms with Crippen LogP contribution < -0.4 is 0 Å². The van der Waals surface area contributed by atoms with Gasteiger partial charge in [0.05, 0.1) is 18.8 Å². The van der Waals surface area contributed by atoms with E-state index in [9.17, 15) is 19.8 Å². The number of ether oxygens (including phenoxy) is 2.